The average molecular weight is 326 g/mol. The first-order chi connectivity index (χ1) is 11.2. The summed E-state index contributed by atoms with van der Waals surface area (Å²) in [5, 5.41) is 11.3. The number of benzene rings is 2. The Bertz CT molecular complexity index is 696. The van der Waals surface area contributed by atoms with Crippen LogP contribution in [0.15, 0.2) is 48.5 Å². The molecule has 0 aliphatic rings. The van der Waals surface area contributed by atoms with E-state index in [-0.39, 0.29) is 11.7 Å². The fourth-order valence-corrected chi connectivity index (χ4v) is 2.41. The summed E-state index contributed by atoms with van der Waals surface area (Å²) >= 11 is 1.29. The van der Waals surface area contributed by atoms with Crippen molar-refractivity contribution in [2.24, 2.45) is 0 Å². The van der Waals surface area contributed by atoms with E-state index in [1.54, 1.807) is 0 Å². The number of amides is 1. The highest BCUT2D eigenvalue weighted by molar-refractivity contribution is 8.00. The minimum absolute atomic E-state index is 0.140. The van der Waals surface area contributed by atoms with E-state index in [2.05, 4.69) is 5.32 Å². The van der Waals surface area contributed by atoms with Gasteiger partial charge in [-0.2, -0.15) is 5.26 Å². The Kier molecular flexibility index (Phi) is 6.52. The van der Waals surface area contributed by atoms with Crippen LogP contribution in [0.4, 0.5) is 5.69 Å². The molecule has 1 amide bonds. The SMILES string of the molecule is Cc1ccc(NC(=O)CSCC#N)c(OCc2ccccc2)c1. The van der Waals surface area contributed by atoms with Gasteiger partial charge >= 0.3 is 0 Å². The van der Waals surface area contributed by atoms with Crippen LogP contribution in [0.25, 0.3) is 0 Å². The lowest BCUT2D eigenvalue weighted by atomic mass is 10.2. The number of anilines is 1. The molecular weight excluding hydrogens is 308 g/mol. The van der Waals surface area contributed by atoms with Gasteiger partial charge in [0.15, 0.2) is 0 Å². The Morgan fingerprint density at radius 2 is 2.04 bits per heavy atom. The van der Waals surface area contributed by atoms with Crippen LogP contribution in [-0.2, 0) is 11.4 Å². The van der Waals surface area contributed by atoms with Crippen molar-refractivity contribution in [1.82, 2.24) is 0 Å². The Hall–Kier alpha value is -2.45. The molecule has 2 aromatic carbocycles. The van der Waals surface area contributed by atoms with E-state index in [1.165, 1.54) is 11.8 Å². The largest absolute Gasteiger partial charge is 0.487 e. The summed E-state index contributed by atoms with van der Waals surface area (Å²) in [4.78, 5) is 11.9. The van der Waals surface area contributed by atoms with E-state index >= 15 is 0 Å². The number of carbonyl (C=O) groups is 1. The molecule has 118 valence electrons. The molecule has 0 radical (unpaired) electrons. The number of ether oxygens (including phenoxy) is 1. The maximum absolute atomic E-state index is 11.9. The van der Waals surface area contributed by atoms with Crippen molar-refractivity contribution in [3.63, 3.8) is 0 Å². The van der Waals surface area contributed by atoms with E-state index in [4.69, 9.17) is 10.00 Å². The van der Waals surface area contributed by atoms with Crippen LogP contribution in [0.1, 0.15) is 11.1 Å². The third kappa shape index (κ3) is 5.68. The molecule has 0 saturated heterocycles. The lowest BCUT2D eigenvalue weighted by Crippen LogP contribution is -2.15. The van der Waals surface area contributed by atoms with Crippen molar-refractivity contribution in [1.29, 1.82) is 5.26 Å². The van der Waals surface area contributed by atoms with Gasteiger partial charge in [0.05, 0.1) is 23.3 Å². The van der Waals surface area contributed by atoms with Gasteiger partial charge in [-0.05, 0) is 30.2 Å². The van der Waals surface area contributed by atoms with Crippen LogP contribution in [0.2, 0.25) is 0 Å². The van der Waals surface area contributed by atoms with Gasteiger partial charge < -0.3 is 10.1 Å². The molecule has 0 fully saturated rings. The summed E-state index contributed by atoms with van der Waals surface area (Å²) in [7, 11) is 0. The first-order valence-electron chi connectivity index (χ1n) is 7.21. The van der Waals surface area contributed by atoms with Crippen molar-refractivity contribution in [2.75, 3.05) is 16.8 Å². The molecule has 5 heteroatoms. The highest BCUT2D eigenvalue weighted by Gasteiger charge is 2.09. The number of thioether (sulfide) groups is 1. The second kappa shape index (κ2) is 8.86. The summed E-state index contributed by atoms with van der Waals surface area (Å²) < 4.78 is 5.86. The van der Waals surface area contributed by atoms with Crippen LogP contribution < -0.4 is 10.1 Å². The molecule has 0 unspecified atom stereocenters. The van der Waals surface area contributed by atoms with Gasteiger partial charge in [0.1, 0.15) is 12.4 Å². The van der Waals surface area contributed by atoms with Gasteiger partial charge in [-0.1, -0.05) is 36.4 Å². The van der Waals surface area contributed by atoms with Crippen LogP contribution in [0, 0.1) is 18.3 Å². The quantitative estimate of drug-likeness (QED) is 0.787. The third-order valence-electron chi connectivity index (χ3n) is 3.05. The molecule has 1 N–H and O–H groups in total. The standard InChI is InChI=1S/C18H18N2O2S/c1-14-7-8-16(20-18(21)13-23-10-9-19)17(11-14)22-12-15-5-3-2-4-6-15/h2-8,11H,10,12-13H2,1H3,(H,20,21). The highest BCUT2D eigenvalue weighted by Crippen LogP contribution is 2.27. The number of hydrogen-bond acceptors (Lipinski definition) is 4. The average Bonchev–Trinajstić information content (AvgIpc) is 2.56. The zero-order valence-corrected chi connectivity index (χ0v) is 13.7. The lowest BCUT2D eigenvalue weighted by Gasteiger charge is -2.13. The molecule has 23 heavy (non-hydrogen) atoms. The molecule has 0 atom stereocenters. The Labute approximate surface area is 140 Å². The molecule has 0 bridgehead atoms. The molecule has 0 aliphatic carbocycles. The topological polar surface area (TPSA) is 62.1 Å². The van der Waals surface area contributed by atoms with Crippen LogP contribution in [-0.4, -0.2) is 17.4 Å². The van der Waals surface area contributed by atoms with E-state index in [0.29, 0.717) is 23.8 Å². The number of carbonyl (C=O) groups excluding carboxylic acids is 1. The monoisotopic (exact) mass is 326 g/mol. The Morgan fingerprint density at radius 1 is 1.26 bits per heavy atom. The molecule has 2 rings (SSSR count). The first-order valence-corrected chi connectivity index (χ1v) is 8.36. The zero-order valence-electron chi connectivity index (χ0n) is 12.9. The van der Waals surface area contributed by atoms with E-state index in [9.17, 15) is 4.79 Å². The fraction of sp³-hybridized carbons (Fsp3) is 0.222. The summed E-state index contributed by atoms with van der Waals surface area (Å²) in [6.45, 7) is 2.42. The highest BCUT2D eigenvalue weighted by atomic mass is 32.2. The van der Waals surface area contributed by atoms with Gasteiger partial charge in [0, 0.05) is 0 Å². The summed E-state index contributed by atoms with van der Waals surface area (Å²) in [5.41, 5.74) is 2.77. The van der Waals surface area contributed by atoms with Gasteiger partial charge in [0.2, 0.25) is 5.91 Å². The Morgan fingerprint density at radius 3 is 2.78 bits per heavy atom. The number of nitrogens with one attached hydrogen (secondary N) is 1. The third-order valence-corrected chi connectivity index (χ3v) is 3.85. The smallest absolute Gasteiger partial charge is 0.234 e. The minimum atomic E-state index is -0.140. The summed E-state index contributed by atoms with van der Waals surface area (Å²) in [6, 6.07) is 17.5. The van der Waals surface area contributed by atoms with Crippen molar-refractivity contribution >= 4 is 23.4 Å². The molecule has 0 saturated carbocycles. The van der Waals surface area contributed by atoms with Crippen LogP contribution in [0.5, 0.6) is 5.75 Å². The minimum Gasteiger partial charge on any atom is -0.487 e. The molecule has 2 aromatic rings. The van der Waals surface area contributed by atoms with E-state index in [0.717, 1.165) is 11.1 Å². The Balaban J connectivity index is 2.02. The van der Waals surface area contributed by atoms with E-state index < -0.39 is 0 Å². The molecule has 0 heterocycles. The van der Waals surface area contributed by atoms with Crippen molar-refractivity contribution in [2.45, 2.75) is 13.5 Å². The fourth-order valence-electron chi connectivity index (χ4n) is 1.96. The van der Waals surface area contributed by atoms with Gasteiger partial charge in [-0.3, -0.25) is 4.79 Å². The van der Waals surface area contributed by atoms with Crippen LogP contribution >= 0.6 is 11.8 Å². The number of rotatable bonds is 7. The van der Waals surface area contributed by atoms with Crippen LogP contribution in [0.3, 0.4) is 0 Å². The second-order valence-corrected chi connectivity index (χ2v) is 5.96. The van der Waals surface area contributed by atoms with Gasteiger partial charge in [-0.15, -0.1) is 11.8 Å². The summed E-state index contributed by atoms with van der Waals surface area (Å²) in [6.07, 6.45) is 0. The van der Waals surface area contributed by atoms with E-state index in [1.807, 2.05) is 61.5 Å². The number of nitrogens with zero attached hydrogens (tertiary/aromatic N) is 1. The maximum atomic E-state index is 11.9. The van der Waals surface area contributed by atoms with Crippen molar-refractivity contribution in [3.05, 3.63) is 59.7 Å². The number of hydrogen-bond donors (Lipinski definition) is 1. The first kappa shape index (κ1) is 16.9. The number of nitriles is 1. The number of aryl methyl sites for hydroxylation is 1. The summed E-state index contributed by atoms with van der Waals surface area (Å²) in [5.74, 6) is 1.06. The van der Waals surface area contributed by atoms with Gasteiger partial charge in [-0.25, -0.2) is 0 Å². The van der Waals surface area contributed by atoms with Crippen molar-refractivity contribution in [3.8, 4) is 11.8 Å². The predicted octanol–water partition coefficient (Wildman–Crippen LogP) is 3.77. The van der Waals surface area contributed by atoms with Crippen molar-refractivity contribution < 1.29 is 9.53 Å². The zero-order chi connectivity index (χ0) is 16.5. The molecule has 0 spiro atoms. The van der Waals surface area contributed by atoms with Gasteiger partial charge in [0.25, 0.3) is 0 Å². The molecule has 4 nitrogen and oxygen atoms in total. The second-order valence-electron chi connectivity index (χ2n) is 4.97. The molecular formula is C18H18N2O2S. The normalized spacial score (nSPS) is 9.91. The molecule has 0 aromatic heterocycles. The predicted molar refractivity (Wildman–Crippen MR) is 93.5 cm³/mol. The maximum Gasteiger partial charge on any atom is 0.234 e. The molecule has 0 aliphatic heterocycles. The lowest BCUT2D eigenvalue weighted by molar-refractivity contribution is -0.113.